The predicted molar refractivity (Wildman–Crippen MR) is 121 cm³/mol. The molecule has 30 heavy (non-hydrogen) atoms. The molecule has 1 amide bonds. The number of hydrogen-bond acceptors (Lipinski definition) is 4. The van der Waals surface area contributed by atoms with Crippen LogP contribution in [0.4, 0.5) is 10.8 Å². The number of fused-ring (bicyclic) bond motifs is 3. The first-order valence-electron chi connectivity index (χ1n) is 11.0. The lowest BCUT2D eigenvalue weighted by Crippen LogP contribution is -2.43. The molecule has 0 aliphatic heterocycles. The first kappa shape index (κ1) is 19.4. The van der Waals surface area contributed by atoms with Gasteiger partial charge in [-0.05, 0) is 61.9 Å². The number of carbonyl (C=O) groups is 2. The fraction of sp³-hybridized carbons (Fsp3) is 0.400. The van der Waals surface area contributed by atoms with Gasteiger partial charge in [0.25, 0.3) is 0 Å². The largest absolute Gasteiger partial charge is 0.299 e. The number of amides is 1. The first-order valence-corrected chi connectivity index (χ1v) is 11.8. The third-order valence-electron chi connectivity index (χ3n) is 6.69. The van der Waals surface area contributed by atoms with Crippen molar-refractivity contribution in [1.29, 1.82) is 0 Å². The van der Waals surface area contributed by atoms with Gasteiger partial charge < -0.3 is 0 Å². The van der Waals surface area contributed by atoms with Gasteiger partial charge in [-0.3, -0.25) is 14.5 Å². The van der Waals surface area contributed by atoms with E-state index in [9.17, 15) is 9.59 Å². The topological polar surface area (TPSA) is 50.3 Å². The number of para-hydroxylation sites is 1. The van der Waals surface area contributed by atoms with Crippen LogP contribution in [0.5, 0.6) is 0 Å². The smallest absolute Gasteiger partial charge is 0.236 e. The van der Waals surface area contributed by atoms with Crippen LogP contribution in [0.25, 0.3) is 10.2 Å². The summed E-state index contributed by atoms with van der Waals surface area (Å²) in [6.45, 7) is 2.13. The van der Waals surface area contributed by atoms with Crippen molar-refractivity contribution in [3.63, 3.8) is 0 Å². The SMILES string of the molecule is CCc1ccc(N(C(=O)C2CC3CCCC(C2)C3=O)c2nc3ccccc3s2)cc1. The molecule has 0 spiro atoms. The Hall–Kier alpha value is -2.53. The highest BCUT2D eigenvalue weighted by Crippen LogP contribution is 2.43. The van der Waals surface area contributed by atoms with Crippen LogP contribution in [-0.2, 0) is 16.0 Å². The number of anilines is 2. The minimum atomic E-state index is -0.115. The molecule has 2 saturated carbocycles. The van der Waals surface area contributed by atoms with Crippen molar-refractivity contribution < 1.29 is 9.59 Å². The fourth-order valence-corrected chi connectivity index (χ4v) is 6.02. The second-order valence-electron chi connectivity index (χ2n) is 8.55. The van der Waals surface area contributed by atoms with E-state index in [0.717, 1.165) is 41.6 Å². The molecule has 2 atom stereocenters. The average molecular weight is 419 g/mol. The molecule has 2 aliphatic rings. The van der Waals surface area contributed by atoms with Gasteiger partial charge in [-0.15, -0.1) is 0 Å². The van der Waals surface area contributed by atoms with Crippen molar-refractivity contribution in [2.45, 2.75) is 45.4 Å². The Morgan fingerprint density at radius 1 is 1.07 bits per heavy atom. The fourth-order valence-electron chi connectivity index (χ4n) is 5.03. The maximum Gasteiger partial charge on any atom is 0.236 e. The zero-order valence-electron chi connectivity index (χ0n) is 17.2. The summed E-state index contributed by atoms with van der Waals surface area (Å²) in [6.07, 6.45) is 5.31. The molecule has 2 unspecified atom stereocenters. The number of carbonyl (C=O) groups excluding carboxylic acids is 2. The number of ketones is 1. The number of Topliss-reactive ketones (excluding diaryl/α,β-unsaturated/α-hetero) is 1. The molecule has 1 aromatic heterocycles. The Kier molecular flexibility index (Phi) is 5.15. The lowest BCUT2D eigenvalue weighted by atomic mass is 9.67. The number of thiazole rings is 1. The molecule has 4 nitrogen and oxygen atoms in total. The van der Waals surface area contributed by atoms with Crippen molar-refractivity contribution in [3.8, 4) is 0 Å². The Bertz CT molecular complexity index is 1040. The van der Waals surface area contributed by atoms with Gasteiger partial charge in [0, 0.05) is 17.8 Å². The highest BCUT2D eigenvalue weighted by Gasteiger charge is 2.43. The third-order valence-corrected chi connectivity index (χ3v) is 7.72. The van der Waals surface area contributed by atoms with Gasteiger partial charge >= 0.3 is 0 Å². The summed E-state index contributed by atoms with van der Waals surface area (Å²) in [5, 5.41) is 0.715. The van der Waals surface area contributed by atoms with Crippen molar-refractivity contribution in [2.75, 3.05) is 4.90 Å². The van der Waals surface area contributed by atoms with E-state index in [-0.39, 0.29) is 23.7 Å². The van der Waals surface area contributed by atoms with Crippen LogP contribution in [-0.4, -0.2) is 16.7 Å². The molecule has 1 heterocycles. The Labute approximate surface area is 180 Å². The van der Waals surface area contributed by atoms with E-state index in [1.54, 1.807) is 16.2 Å². The molecule has 0 N–H and O–H groups in total. The lowest BCUT2D eigenvalue weighted by molar-refractivity contribution is -0.136. The second-order valence-corrected chi connectivity index (χ2v) is 9.56. The zero-order chi connectivity index (χ0) is 20.7. The highest BCUT2D eigenvalue weighted by atomic mass is 32.1. The number of hydrogen-bond donors (Lipinski definition) is 0. The molecule has 154 valence electrons. The van der Waals surface area contributed by atoms with Crippen LogP contribution in [0, 0.1) is 17.8 Å². The Morgan fingerprint density at radius 3 is 2.43 bits per heavy atom. The van der Waals surface area contributed by atoms with Crippen LogP contribution in [0.15, 0.2) is 48.5 Å². The predicted octanol–water partition coefficient (Wildman–Crippen LogP) is 5.92. The molecule has 3 aromatic rings. The Balaban J connectivity index is 1.53. The molecule has 2 aliphatic carbocycles. The van der Waals surface area contributed by atoms with Crippen LogP contribution in [0.2, 0.25) is 0 Å². The van der Waals surface area contributed by atoms with Crippen LogP contribution in [0.3, 0.4) is 0 Å². The molecular weight excluding hydrogens is 392 g/mol. The summed E-state index contributed by atoms with van der Waals surface area (Å²) in [4.78, 5) is 33.0. The minimum Gasteiger partial charge on any atom is -0.299 e. The summed E-state index contributed by atoms with van der Waals surface area (Å²) in [7, 11) is 0. The molecule has 5 heteroatoms. The summed E-state index contributed by atoms with van der Waals surface area (Å²) < 4.78 is 1.08. The molecule has 5 rings (SSSR count). The van der Waals surface area contributed by atoms with Crippen molar-refractivity contribution in [1.82, 2.24) is 4.98 Å². The highest BCUT2D eigenvalue weighted by molar-refractivity contribution is 7.22. The normalized spacial score (nSPS) is 23.5. The first-order chi connectivity index (χ1) is 14.6. The van der Waals surface area contributed by atoms with E-state index in [2.05, 4.69) is 19.1 Å². The molecule has 2 fully saturated rings. The number of rotatable bonds is 4. The summed E-state index contributed by atoms with van der Waals surface area (Å²) in [5.41, 5.74) is 3.02. The van der Waals surface area contributed by atoms with Crippen molar-refractivity contribution in [3.05, 3.63) is 54.1 Å². The van der Waals surface area contributed by atoms with E-state index in [1.807, 2.05) is 36.4 Å². The number of aromatic nitrogens is 1. The molecule has 0 saturated heterocycles. The Morgan fingerprint density at radius 2 is 1.77 bits per heavy atom. The maximum absolute atomic E-state index is 13.8. The monoisotopic (exact) mass is 418 g/mol. The number of aryl methyl sites for hydroxylation is 1. The average Bonchev–Trinajstić information content (AvgIpc) is 3.17. The molecule has 0 radical (unpaired) electrons. The van der Waals surface area contributed by atoms with Gasteiger partial charge in [0.05, 0.1) is 15.9 Å². The number of benzene rings is 2. The second kappa shape index (κ2) is 7.95. The molecule has 2 bridgehead atoms. The third kappa shape index (κ3) is 3.45. The van der Waals surface area contributed by atoms with E-state index in [1.165, 1.54) is 5.56 Å². The minimum absolute atomic E-state index is 0.0612. The summed E-state index contributed by atoms with van der Waals surface area (Å²) in [6, 6.07) is 16.2. The van der Waals surface area contributed by atoms with E-state index >= 15 is 0 Å². The van der Waals surface area contributed by atoms with E-state index in [0.29, 0.717) is 23.8 Å². The van der Waals surface area contributed by atoms with Gasteiger partial charge in [-0.2, -0.15) is 0 Å². The lowest BCUT2D eigenvalue weighted by Gasteiger charge is -2.38. The van der Waals surface area contributed by atoms with Gasteiger partial charge in [0.15, 0.2) is 5.13 Å². The number of nitrogens with zero attached hydrogens (tertiary/aromatic N) is 2. The van der Waals surface area contributed by atoms with Gasteiger partial charge in [-0.1, -0.05) is 48.9 Å². The van der Waals surface area contributed by atoms with E-state index in [4.69, 9.17) is 4.98 Å². The zero-order valence-corrected chi connectivity index (χ0v) is 18.0. The van der Waals surface area contributed by atoms with Gasteiger partial charge in [-0.25, -0.2) is 4.98 Å². The van der Waals surface area contributed by atoms with Crippen molar-refractivity contribution >= 4 is 44.1 Å². The van der Waals surface area contributed by atoms with Crippen molar-refractivity contribution in [2.24, 2.45) is 17.8 Å². The van der Waals surface area contributed by atoms with E-state index < -0.39 is 0 Å². The summed E-state index contributed by atoms with van der Waals surface area (Å²) >= 11 is 1.55. The van der Waals surface area contributed by atoms with Gasteiger partial charge in [0.2, 0.25) is 5.91 Å². The van der Waals surface area contributed by atoms with Gasteiger partial charge in [0.1, 0.15) is 5.78 Å². The maximum atomic E-state index is 13.8. The van der Waals surface area contributed by atoms with Crippen LogP contribution < -0.4 is 4.90 Å². The quantitative estimate of drug-likeness (QED) is 0.528. The standard InChI is InChI=1S/C25H26N2O2S/c1-2-16-10-12-20(13-11-16)27(25-26-21-8-3-4-9-22(21)30-25)24(29)19-14-17-6-5-7-18(15-19)23(17)28/h3-4,8-13,17-19H,2,5-7,14-15H2,1H3. The van der Waals surface area contributed by atoms with Crippen LogP contribution >= 0.6 is 11.3 Å². The molecular formula is C25H26N2O2S. The van der Waals surface area contributed by atoms with Crippen LogP contribution in [0.1, 0.15) is 44.6 Å². The molecule has 2 aromatic carbocycles. The summed E-state index contributed by atoms with van der Waals surface area (Å²) in [5.74, 6) is 0.486.